The third-order valence-electron chi connectivity index (χ3n) is 11.5. The zero-order chi connectivity index (χ0) is 54.3. The summed E-state index contributed by atoms with van der Waals surface area (Å²) in [4.78, 5) is 153. The van der Waals surface area contributed by atoms with Gasteiger partial charge in [0, 0.05) is 50.3 Å². The Hall–Kier alpha value is -7.62. The van der Waals surface area contributed by atoms with Crippen LogP contribution in [0.3, 0.4) is 0 Å². The van der Waals surface area contributed by atoms with Gasteiger partial charge in [-0.2, -0.15) is 0 Å². The molecule has 74 heavy (non-hydrogen) atoms. The minimum atomic E-state index is -1.77. The molecule has 7 atom stereocenters. The van der Waals surface area contributed by atoms with Crippen LogP contribution in [0.15, 0.2) is 59.6 Å². The first-order chi connectivity index (χ1) is 35.2. The second kappa shape index (κ2) is 29.8. The van der Waals surface area contributed by atoms with E-state index in [4.69, 9.17) is 28.7 Å². The lowest BCUT2D eigenvalue weighted by atomic mass is 10.0. The highest BCUT2D eigenvalue weighted by Gasteiger charge is 2.40. The number of amides is 11. The Morgan fingerprint density at radius 2 is 1.34 bits per heavy atom. The molecule has 2 aliphatic rings. The van der Waals surface area contributed by atoms with Crippen LogP contribution in [0, 0.1) is 0 Å². The molecule has 402 valence electrons. The van der Waals surface area contributed by atoms with Gasteiger partial charge in [-0.1, -0.05) is 64.1 Å². The van der Waals surface area contributed by atoms with Crippen molar-refractivity contribution >= 4 is 92.5 Å². The summed E-state index contributed by atoms with van der Waals surface area (Å²) in [6, 6.07) is 4.52. The molecule has 0 aliphatic carbocycles. The van der Waals surface area contributed by atoms with Crippen LogP contribution in [0.25, 0.3) is 0 Å². The van der Waals surface area contributed by atoms with Crippen molar-refractivity contribution in [1.29, 1.82) is 0 Å². The standard InChI is InChI=1S/C46H64N14O12S2/c47-35(62)15-14-29-40(67)58-32(22-36(48)63)43(70)59-33(45(72)60-18-5-9-34(60)44(71)56-28(8-4-17-52-46(50)51)39(66)53-23-37(49)64)24-74-73-19-16-38(65)54-30(21-26-10-12-27(61)13-11-26)41(68)57-31(42(69)55-29)20-25-6-2-1-3-7-25/h1-3,6-7,10-13,28-34,61H,4-5,8-9,14-24H2,(H2,47,62)(H2,48,63)(H2,49,64)(H,53,66)(H,54,65)(H,55,69)(H,56,71)(H,57,68)(H,58,67)(H,59,70)(H4,50,51,52)/t28-,29?,30?,31?,32?,33-,34?/m1/s1. The zero-order valence-electron chi connectivity index (χ0n) is 40.4. The van der Waals surface area contributed by atoms with E-state index in [1.165, 1.54) is 17.0 Å². The maximum absolute atomic E-state index is 14.6. The van der Waals surface area contributed by atoms with Gasteiger partial charge >= 0.3 is 0 Å². The molecule has 26 nitrogen and oxygen atoms in total. The molecular formula is C46H64N14O12S2. The molecule has 0 bridgehead atoms. The number of phenols is 1. The highest BCUT2D eigenvalue weighted by atomic mass is 33.1. The van der Waals surface area contributed by atoms with Gasteiger partial charge < -0.3 is 75.9 Å². The number of hydrogen-bond acceptors (Lipinski definition) is 15. The predicted octanol–water partition coefficient (Wildman–Crippen LogP) is -4.34. The van der Waals surface area contributed by atoms with Crippen LogP contribution < -0.4 is 65.9 Å². The molecule has 18 N–H and O–H groups in total. The highest BCUT2D eigenvalue weighted by Crippen LogP contribution is 2.26. The van der Waals surface area contributed by atoms with Crippen LogP contribution in [0.2, 0.25) is 0 Å². The van der Waals surface area contributed by atoms with Crippen LogP contribution >= 0.6 is 21.6 Å². The zero-order valence-corrected chi connectivity index (χ0v) is 42.0. The number of nitrogens with two attached hydrogens (primary N) is 5. The number of aliphatic imine (C=N–C) groups is 1. The number of guanidine groups is 1. The molecule has 2 aromatic rings. The average Bonchev–Trinajstić information content (AvgIpc) is 3.85. The van der Waals surface area contributed by atoms with Crippen LogP contribution in [0.5, 0.6) is 5.75 Å². The van der Waals surface area contributed by atoms with Crippen molar-refractivity contribution in [2.45, 2.75) is 107 Å². The number of nitrogens with zero attached hydrogens (tertiary/aromatic N) is 2. The van der Waals surface area contributed by atoms with Gasteiger partial charge in [0.2, 0.25) is 65.0 Å². The summed E-state index contributed by atoms with van der Waals surface area (Å²) in [7, 11) is 2.19. The first-order valence-corrected chi connectivity index (χ1v) is 26.0. The van der Waals surface area contributed by atoms with Gasteiger partial charge in [0.15, 0.2) is 5.96 Å². The number of hydrogen-bond donors (Lipinski definition) is 13. The lowest BCUT2D eigenvalue weighted by Crippen LogP contribution is -2.61. The number of likely N-dealkylation sites (tertiary alicyclic amines) is 1. The summed E-state index contributed by atoms with van der Waals surface area (Å²) in [6.45, 7) is -0.402. The van der Waals surface area contributed by atoms with Gasteiger partial charge in [-0.25, -0.2) is 0 Å². The first-order valence-electron chi connectivity index (χ1n) is 23.6. The second-order valence-corrected chi connectivity index (χ2v) is 20.0. The number of primary amides is 3. The number of aromatic hydroxyl groups is 1. The average molecular weight is 1070 g/mol. The van der Waals surface area contributed by atoms with E-state index in [2.05, 4.69) is 42.2 Å². The fraction of sp³-hybridized carbons (Fsp3) is 0.478. The second-order valence-electron chi connectivity index (χ2n) is 17.3. The molecule has 2 saturated heterocycles. The number of carbonyl (C=O) groups is 11. The number of rotatable bonds is 19. The van der Waals surface area contributed by atoms with Crippen LogP contribution in [0.4, 0.5) is 0 Å². The maximum Gasteiger partial charge on any atom is 0.246 e. The lowest BCUT2D eigenvalue weighted by Gasteiger charge is -2.31. The summed E-state index contributed by atoms with van der Waals surface area (Å²) in [6.07, 6.45) is -1.34. The number of carbonyl (C=O) groups excluding carboxylic acids is 11. The molecule has 2 aliphatic heterocycles. The van der Waals surface area contributed by atoms with E-state index in [9.17, 15) is 57.8 Å². The number of benzene rings is 2. The lowest BCUT2D eigenvalue weighted by molar-refractivity contribution is -0.142. The van der Waals surface area contributed by atoms with E-state index in [0.717, 1.165) is 21.6 Å². The van der Waals surface area contributed by atoms with E-state index in [1.54, 1.807) is 42.5 Å². The van der Waals surface area contributed by atoms with Gasteiger partial charge in [-0.15, -0.1) is 0 Å². The minimum absolute atomic E-state index is 0.0128. The van der Waals surface area contributed by atoms with Gasteiger partial charge in [0.25, 0.3) is 0 Å². The van der Waals surface area contributed by atoms with Crippen molar-refractivity contribution in [3.8, 4) is 5.75 Å². The Kier molecular flexibility index (Phi) is 23.7. The summed E-state index contributed by atoms with van der Waals surface area (Å²) < 4.78 is 0. The van der Waals surface area contributed by atoms with Crippen molar-refractivity contribution in [3.63, 3.8) is 0 Å². The van der Waals surface area contributed by atoms with Crippen molar-refractivity contribution < 1.29 is 57.8 Å². The molecule has 0 radical (unpaired) electrons. The monoisotopic (exact) mass is 1070 g/mol. The predicted molar refractivity (Wildman–Crippen MR) is 272 cm³/mol. The Labute approximate surface area is 433 Å². The van der Waals surface area contributed by atoms with Gasteiger partial charge in [0.05, 0.1) is 13.0 Å². The Balaban J connectivity index is 1.68. The molecule has 0 spiro atoms. The molecule has 4 rings (SSSR count). The summed E-state index contributed by atoms with van der Waals surface area (Å²) in [5.41, 5.74) is 28.1. The number of nitrogens with one attached hydrogen (secondary N) is 7. The molecule has 0 saturated carbocycles. The van der Waals surface area contributed by atoms with Crippen molar-refractivity contribution in [3.05, 3.63) is 65.7 Å². The van der Waals surface area contributed by atoms with Crippen LogP contribution in [0.1, 0.15) is 62.5 Å². The van der Waals surface area contributed by atoms with E-state index < -0.39 is 133 Å². The van der Waals surface area contributed by atoms with E-state index >= 15 is 0 Å². The fourth-order valence-corrected chi connectivity index (χ4v) is 9.93. The van der Waals surface area contributed by atoms with Crippen molar-refractivity contribution in [1.82, 2.24) is 42.1 Å². The minimum Gasteiger partial charge on any atom is -0.508 e. The van der Waals surface area contributed by atoms with Crippen LogP contribution in [-0.4, -0.2) is 154 Å². The molecule has 11 amide bonds. The molecule has 2 heterocycles. The third kappa shape index (κ3) is 20.1. The molecule has 5 unspecified atom stereocenters. The van der Waals surface area contributed by atoms with Gasteiger partial charge in [0.1, 0.15) is 48.0 Å². The molecule has 28 heteroatoms. The molecule has 0 aromatic heterocycles. The highest BCUT2D eigenvalue weighted by molar-refractivity contribution is 8.76. The quantitative estimate of drug-likeness (QED) is 0.0274. The normalized spacial score (nSPS) is 21.7. The summed E-state index contributed by atoms with van der Waals surface area (Å²) in [5.74, 6) is -9.75. The Morgan fingerprint density at radius 3 is 1.97 bits per heavy atom. The molecule has 2 aromatic carbocycles. The molecular weight excluding hydrogens is 1000 g/mol. The third-order valence-corrected chi connectivity index (χ3v) is 13.9. The Bertz CT molecular complexity index is 2380. The topological polar surface area (TPSA) is 438 Å². The largest absolute Gasteiger partial charge is 0.508 e. The summed E-state index contributed by atoms with van der Waals surface area (Å²) in [5, 5.41) is 27.8. The first kappa shape index (κ1) is 58.9. The Morgan fingerprint density at radius 1 is 0.730 bits per heavy atom. The van der Waals surface area contributed by atoms with Crippen molar-refractivity contribution in [2.75, 3.05) is 31.1 Å². The maximum atomic E-state index is 14.6. The fourth-order valence-electron chi connectivity index (χ4n) is 7.78. The van der Waals surface area contributed by atoms with Gasteiger partial charge in [-0.05, 0) is 55.4 Å². The molecule has 2 fully saturated rings. The SMILES string of the molecule is NC(=O)CCC1NC(=O)C(Cc2ccccc2)NC(=O)C(Cc2ccc(O)cc2)NC(=O)CCSSC[C@H](C(=O)N2CCCC2C(=O)N[C@H](CCCN=C(N)N)C(=O)NCC(N)=O)NC(=O)C(CC(N)=O)NC1=O. The smallest absolute Gasteiger partial charge is 0.246 e. The van der Waals surface area contributed by atoms with E-state index in [-0.39, 0.29) is 74.8 Å². The summed E-state index contributed by atoms with van der Waals surface area (Å²) >= 11 is 0. The van der Waals surface area contributed by atoms with E-state index in [1.807, 2.05) is 0 Å². The number of phenolic OH excluding ortho intramolecular Hbond substituents is 1. The van der Waals surface area contributed by atoms with Gasteiger partial charge in [-0.3, -0.25) is 57.7 Å². The van der Waals surface area contributed by atoms with Crippen LogP contribution in [-0.2, 0) is 65.6 Å². The van der Waals surface area contributed by atoms with Crippen molar-refractivity contribution in [2.24, 2.45) is 33.7 Å². The van der Waals surface area contributed by atoms with E-state index in [0.29, 0.717) is 17.5 Å².